The van der Waals surface area contributed by atoms with E-state index in [4.69, 9.17) is 0 Å². The van der Waals surface area contributed by atoms with Crippen molar-refractivity contribution in [3.05, 3.63) is 0 Å². The van der Waals surface area contributed by atoms with Crippen LogP contribution in [-0.4, -0.2) is 42.8 Å². The largest absolute Gasteiger partial charge is 0.340 e. The van der Waals surface area contributed by atoms with Crippen LogP contribution in [0.15, 0.2) is 0 Å². The highest BCUT2D eigenvalue weighted by Gasteiger charge is 2.31. The predicted molar refractivity (Wildman–Crippen MR) is 65.6 cm³/mol. The first-order valence-electron chi connectivity index (χ1n) is 6.68. The van der Waals surface area contributed by atoms with Crippen LogP contribution in [-0.2, 0) is 9.59 Å². The lowest BCUT2D eigenvalue weighted by atomic mass is 9.79. The fourth-order valence-corrected chi connectivity index (χ4v) is 2.89. The molecule has 0 unspecified atom stereocenters. The lowest BCUT2D eigenvalue weighted by Gasteiger charge is -2.33. The molecule has 0 bridgehead atoms. The van der Waals surface area contributed by atoms with Gasteiger partial charge in [-0.05, 0) is 32.6 Å². The first-order chi connectivity index (χ1) is 8.18. The summed E-state index contributed by atoms with van der Waals surface area (Å²) in [6.07, 6.45) is 3.59. The molecule has 1 saturated carbocycles. The number of Topliss-reactive ketones (excluding diaryl/α,β-unsaturated/α-hetero) is 1. The number of hydrogen-bond acceptors (Lipinski definition) is 3. The third kappa shape index (κ3) is 3.06. The van der Waals surface area contributed by atoms with Crippen LogP contribution < -0.4 is 5.32 Å². The van der Waals surface area contributed by atoms with Crippen LogP contribution in [0.25, 0.3) is 0 Å². The molecule has 0 aromatic carbocycles. The maximum Gasteiger partial charge on any atom is 0.225 e. The number of amides is 1. The number of rotatable bonds is 2. The number of hydrogen-bond donors (Lipinski definition) is 1. The molecule has 1 heterocycles. The maximum absolute atomic E-state index is 12.2. The van der Waals surface area contributed by atoms with E-state index in [0.29, 0.717) is 5.91 Å². The van der Waals surface area contributed by atoms with E-state index in [-0.39, 0.29) is 17.6 Å². The van der Waals surface area contributed by atoms with E-state index >= 15 is 0 Å². The maximum atomic E-state index is 12.2. The minimum Gasteiger partial charge on any atom is -0.340 e. The molecule has 17 heavy (non-hydrogen) atoms. The average Bonchev–Trinajstić information content (AvgIpc) is 2.39. The van der Waals surface area contributed by atoms with Crippen molar-refractivity contribution in [1.29, 1.82) is 0 Å². The van der Waals surface area contributed by atoms with Crippen molar-refractivity contribution in [2.45, 2.75) is 32.6 Å². The molecule has 2 fully saturated rings. The molecular weight excluding hydrogens is 216 g/mol. The molecule has 1 aliphatic heterocycles. The summed E-state index contributed by atoms with van der Waals surface area (Å²) in [7, 11) is 0. The Bertz CT molecular complexity index is 290. The normalized spacial score (nSPS) is 30.1. The van der Waals surface area contributed by atoms with E-state index in [2.05, 4.69) is 5.32 Å². The Morgan fingerprint density at radius 3 is 2.06 bits per heavy atom. The van der Waals surface area contributed by atoms with Gasteiger partial charge in [-0.15, -0.1) is 0 Å². The molecule has 2 aliphatic rings. The number of nitrogens with one attached hydrogen (secondary N) is 1. The minimum atomic E-state index is 0.170. The van der Waals surface area contributed by atoms with Gasteiger partial charge in [-0.25, -0.2) is 0 Å². The third-order valence-corrected chi connectivity index (χ3v) is 4.08. The van der Waals surface area contributed by atoms with Crippen LogP contribution in [0.2, 0.25) is 0 Å². The second-order valence-corrected chi connectivity index (χ2v) is 5.23. The molecule has 1 N–H and O–H groups in total. The molecule has 0 aromatic heterocycles. The average molecular weight is 238 g/mol. The van der Waals surface area contributed by atoms with Crippen LogP contribution in [0.3, 0.4) is 0 Å². The molecule has 0 radical (unpaired) electrons. The molecule has 2 rings (SSSR count). The lowest BCUT2D eigenvalue weighted by Crippen LogP contribution is -2.49. The van der Waals surface area contributed by atoms with E-state index < -0.39 is 0 Å². The van der Waals surface area contributed by atoms with E-state index in [1.807, 2.05) is 4.90 Å². The highest BCUT2D eigenvalue weighted by atomic mass is 16.2. The van der Waals surface area contributed by atoms with Gasteiger partial charge >= 0.3 is 0 Å². The van der Waals surface area contributed by atoms with Gasteiger partial charge in [-0.3, -0.25) is 9.59 Å². The van der Waals surface area contributed by atoms with Crippen molar-refractivity contribution < 1.29 is 9.59 Å². The van der Waals surface area contributed by atoms with Gasteiger partial charge in [0.1, 0.15) is 5.78 Å². The number of carbonyl (C=O) groups is 2. The number of piperazine rings is 1. The highest BCUT2D eigenvalue weighted by molar-refractivity contribution is 5.81. The summed E-state index contributed by atoms with van der Waals surface area (Å²) < 4.78 is 0. The van der Waals surface area contributed by atoms with E-state index in [0.717, 1.165) is 51.9 Å². The van der Waals surface area contributed by atoms with Gasteiger partial charge in [0.25, 0.3) is 0 Å². The van der Waals surface area contributed by atoms with Crippen molar-refractivity contribution in [1.82, 2.24) is 10.2 Å². The predicted octanol–water partition coefficient (Wildman–Crippen LogP) is 0.814. The van der Waals surface area contributed by atoms with Crippen LogP contribution in [0.4, 0.5) is 0 Å². The fraction of sp³-hybridized carbons (Fsp3) is 0.846. The smallest absolute Gasteiger partial charge is 0.225 e. The van der Waals surface area contributed by atoms with E-state index in [1.54, 1.807) is 6.92 Å². The molecule has 4 heteroatoms. The van der Waals surface area contributed by atoms with Crippen molar-refractivity contribution in [2.75, 3.05) is 26.2 Å². The molecule has 0 aromatic rings. The van der Waals surface area contributed by atoms with Crippen molar-refractivity contribution in [2.24, 2.45) is 11.8 Å². The topological polar surface area (TPSA) is 49.4 Å². The molecule has 1 aliphatic carbocycles. The fourth-order valence-electron chi connectivity index (χ4n) is 2.89. The van der Waals surface area contributed by atoms with Crippen molar-refractivity contribution in [3.63, 3.8) is 0 Å². The Balaban J connectivity index is 1.83. The second kappa shape index (κ2) is 5.63. The molecule has 0 atom stereocenters. The van der Waals surface area contributed by atoms with Gasteiger partial charge in [0, 0.05) is 38.0 Å². The second-order valence-electron chi connectivity index (χ2n) is 5.23. The Hall–Kier alpha value is -0.900. The monoisotopic (exact) mass is 238 g/mol. The first kappa shape index (κ1) is 12.6. The highest BCUT2D eigenvalue weighted by Crippen LogP contribution is 2.30. The van der Waals surface area contributed by atoms with Gasteiger partial charge in [0.05, 0.1) is 0 Å². The summed E-state index contributed by atoms with van der Waals surface area (Å²) in [6.45, 7) is 5.17. The Labute approximate surface area is 103 Å². The van der Waals surface area contributed by atoms with Crippen molar-refractivity contribution >= 4 is 11.7 Å². The third-order valence-electron chi connectivity index (χ3n) is 4.08. The van der Waals surface area contributed by atoms with Crippen LogP contribution in [0, 0.1) is 11.8 Å². The van der Waals surface area contributed by atoms with Crippen LogP contribution in [0.5, 0.6) is 0 Å². The van der Waals surface area contributed by atoms with Gasteiger partial charge in [-0.1, -0.05) is 0 Å². The van der Waals surface area contributed by atoms with Crippen molar-refractivity contribution in [3.8, 4) is 0 Å². The molecule has 0 spiro atoms. The summed E-state index contributed by atoms with van der Waals surface area (Å²) in [6, 6.07) is 0. The summed E-state index contributed by atoms with van der Waals surface area (Å²) in [4.78, 5) is 25.5. The number of carbonyl (C=O) groups excluding carboxylic acids is 2. The SMILES string of the molecule is CC(=O)C1CCC(C(=O)N2CCNCC2)CC1. The molecule has 4 nitrogen and oxygen atoms in total. The summed E-state index contributed by atoms with van der Waals surface area (Å²) in [5, 5.41) is 3.26. The van der Waals surface area contributed by atoms with Crippen LogP contribution >= 0.6 is 0 Å². The van der Waals surface area contributed by atoms with Crippen LogP contribution in [0.1, 0.15) is 32.6 Å². The Morgan fingerprint density at radius 1 is 1.00 bits per heavy atom. The summed E-state index contributed by atoms with van der Waals surface area (Å²) >= 11 is 0. The summed E-state index contributed by atoms with van der Waals surface area (Å²) in [5.41, 5.74) is 0. The van der Waals surface area contributed by atoms with Gasteiger partial charge in [-0.2, -0.15) is 0 Å². The quantitative estimate of drug-likeness (QED) is 0.774. The van der Waals surface area contributed by atoms with Gasteiger partial charge in [0.2, 0.25) is 5.91 Å². The Kier molecular flexibility index (Phi) is 4.15. The molecule has 1 saturated heterocycles. The zero-order valence-electron chi connectivity index (χ0n) is 10.6. The lowest BCUT2D eigenvalue weighted by molar-refractivity contribution is -0.138. The standard InChI is InChI=1S/C13H22N2O2/c1-10(16)11-2-4-12(5-3-11)13(17)15-8-6-14-7-9-15/h11-12,14H,2-9H2,1H3. The molecule has 96 valence electrons. The Morgan fingerprint density at radius 2 is 1.53 bits per heavy atom. The van der Waals surface area contributed by atoms with Gasteiger partial charge in [0.15, 0.2) is 0 Å². The van der Waals surface area contributed by atoms with Gasteiger partial charge < -0.3 is 10.2 Å². The minimum absolute atomic E-state index is 0.170. The number of nitrogens with zero attached hydrogens (tertiary/aromatic N) is 1. The summed E-state index contributed by atoms with van der Waals surface area (Å²) in [5.74, 6) is 0.984. The number of ketones is 1. The molecular formula is C13H22N2O2. The zero-order chi connectivity index (χ0) is 12.3. The first-order valence-corrected chi connectivity index (χ1v) is 6.68. The van der Waals surface area contributed by atoms with E-state index in [1.165, 1.54) is 0 Å². The van der Waals surface area contributed by atoms with E-state index in [9.17, 15) is 9.59 Å². The zero-order valence-corrected chi connectivity index (χ0v) is 10.6. The molecule has 1 amide bonds.